The molecule has 0 saturated carbocycles. The fourth-order valence-corrected chi connectivity index (χ4v) is 2.71. The molecule has 3 aromatic rings. The molecule has 0 amide bonds. The molecule has 0 aliphatic rings. The summed E-state index contributed by atoms with van der Waals surface area (Å²) in [6, 6.07) is 7.91. The van der Waals surface area contributed by atoms with Gasteiger partial charge in [-0.25, -0.2) is 0 Å². The van der Waals surface area contributed by atoms with Crippen molar-refractivity contribution in [1.29, 1.82) is 0 Å². The molecule has 0 fully saturated rings. The lowest BCUT2D eigenvalue weighted by molar-refractivity contribution is 0.727. The first kappa shape index (κ1) is 12.3. The number of halogens is 1. The van der Waals surface area contributed by atoms with Crippen molar-refractivity contribution >= 4 is 22.5 Å². The number of hydrogen-bond donors (Lipinski definition) is 1. The van der Waals surface area contributed by atoms with Gasteiger partial charge in [-0.2, -0.15) is 5.10 Å². The number of nitrogens with two attached hydrogens (primary N) is 1. The van der Waals surface area contributed by atoms with Crippen LogP contribution in [0.3, 0.4) is 0 Å². The Balaban J connectivity index is 2.30. The Kier molecular flexibility index (Phi) is 2.84. The maximum Gasteiger partial charge on any atom is 0.139 e. The van der Waals surface area contributed by atoms with Gasteiger partial charge in [0.2, 0.25) is 0 Å². The van der Waals surface area contributed by atoms with Gasteiger partial charge in [-0.05, 0) is 31.2 Å². The molecular weight excluding hydrogens is 260 g/mol. The number of fused-ring (bicyclic) bond motifs is 1. The minimum atomic E-state index is 0.474. The number of benzene rings is 1. The molecule has 2 heterocycles. The summed E-state index contributed by atoms with van der Waals surface area (Å²) < 4.78 is 3.97. The topological polar surface area (TPSA) is 48.8 Å². The minimum Gasteiger partial charge on any atom is -0.326 e. The van der Waals surface area contributed by atoms with E-state index in [1.165, 1.54) is 0 Å². The van der Waals surface area contributed by atoms with Gasteiger partial charge < -0.3 is 10.3 Å². The van der Waals surface area contributed by atoms with E-state index in [0.29, 0.717) is 6.54 Å². The molecule has 98 valence electrons. The Morgan fingerprint density at radius 2 is 2.11 bits per heavy atom. The zero-order valence-electron chi connectivity index (χ0n) is 10.9. The first-order valence-electron chi connectivity index (χ1n) is 6.11. The SMILES string of the molecule is Cc1nn(C)c(-n2ccc3cc(Cl)ccc32)c1CN. The third-order valence-corrected chi connectivity index (χ3v) is 3.63. The van der Waals surface area contributed by atoms with Gasteiger partial charge in [0.15, 0.2) is 0 Å². The van der Waals surface area contributed by atoms with E-state index in [1.807, 2.05) is 49.1 Å². The minimum absolute atomic E-state index is 0.474. The predicted molar refractivity (Wildman–Crippen MR) is 77.7 cm³/mol. The number of aromatic nitrogens is 3. The quantitative estimate of drug-likeness (QED) is 0.781. The number of rotatable bonds is 2. The summed E-state index contributed by atoms with van der Waals surface area (Å²) in [5.41, 5.74) is 8.98. The molecule has 0 radical (unpaired) electrons. The summed E-state index contributed by atoms with van der Waals surface area (Å²) in [6.45, 7) is 2.45. The zero-order valence-corrected chi connectivity index (χ0v) is 11.6. The van der Waals surface area contributed by atoms with E-state index in [-0.39, 0.29) is 0 Å². The maximum atomic E-state index is 6.02. The Labute approximate surface area is 116 Å². The van der Waals surface area contributed by atoms with Crippen LogP contribution in [-0.2, 0) is 13.6 Å². The van der Waals surface area contributed by atoms with E-state index >= 15 is 0 Å². The van der Waals surface area contributed by atoms with E-state index in [2.05, 4.69) is 9.67 Å². The predicted octanol–water partition coefficient (Wildman–Crippen LogP) is 2.78. The van der Waals surface area contributed by atoms with Crippen LogP contribution in [0.5, 0.6) is 0 Å². The average Bonchev–Trinajstić information content (AvgIpc) is 2.89. The van der Waals surface area contributed by atoms with Gasteiger partial charge >= 0.3 is 0 Å². The third-order valence-electron chi connectivity index (χ3n) is 3.40. The van der Waals surface area contributed by atoms with E-state index in [9.17, 15) is 0 Å². The largest absolute Gasteiger partial charge is 0.326 e. The third kappa shape index (κ3) is 1.84. The first-order chi connectivity index (χ1) is 9.11. The van der Waals surface area contributed by atoms with Crippen LogP contribution in [0.25, 0.3) is 16.7 Å². The van der Waals surface area contributed by atoms with Crippen LogP contribution in [0.2, 0.25) is 5.02 Å². The average molecular weight is 275 g/mol. The summed E-state index contributed by atoms with van der Waals surface area (Å²) in [5.74, 6) is 1.01. The van der Waals surface area contributed by atoms with Crippen molar-refractivity contribution in [3.05, 3.63) is 46.7 Å². The first-order valence-corrected chi connectivity index (χ1v) is 6.49. The Bertz CT molecular complexity index is 754. The Hall–Kier alpha value is -1.78. The zero-order chi connectivity index (χ0) is 13.6. The molecule has 0 bridgehead atoms. The van der Waals surface area contributed by atoms with Gasteiger partial charge in [0, 0.05) is 35.8 Å². The molecule has 0 unspecified atom stereocenters. The van der Waals surface area contributed by atoms with Crippen molar-refractivity contribution in [2.24, 2.45) is 12.8 Å². The summed E-state index contributed by atoms with van der Waals surface area (Å²) >= 11 is 6.02. The van der Waals surface area contributed by atoms with Crippen LogP contribution in [0.4, 0.5) is 0 Å². The van der Waals surface area contributed by atoms with Crippen molar-refractivity contribution in [1.82, 2.24) is 14.3 Å². The van der Waals surface area contributed by atoms with E-state index in [0.717, 1.165) is 33.0 Å². The number of aryl methyl sites for hydroxylation is 2. The lowest BCUT2D eigenvalue weighted by Gasteiger charge is -2.08. The summed E-state index contributed by atoms with van der Waals surface area (Å²) in [7, 11) is 1.93. The fraction of sp³-hybridized carbons (Fsp3) is 0.214. The second kappa shape index (κ2) is 4.40. The van der Waals surface area contributed by atoms with Gasteiger partial charge in [-0.15, -0.1) is 0 Å². The molecule has 0 aliphatic carbocycles. The highest BCUT2D eigenvalue weighted by molar-refractivity contribution is 6.31. The molecule has 0 spiro atoms. The lowest BCUT2D eigenvalue weighted by Crippen LogP contribution is -2.06. The molecular formula is C14H15ClN4. The van der Waals surface area contributed by atoms with Gasteiger partial charge in [0.1, 0.15) is 5.82 Å². The van der Waals surface area contributed by atoms with Crippen LogP contribution in [-0.4, -0.2) is 14.3 Å². The smallest absolute Gasteiger partial charge is 0.139 e. The molecule has 2 aromatic heterocycles. The van der Waals surface area contributed by atoms with Crippen molar-refractivity contribution in [3.63, 3.8) is 0 Å². The normalized spacial score (nSPS) is 11.4. The summed E-state index contributed by atoms with van der Waals surface area (Å²) in [6.07, 6.45) is 2.02. The van der Waals surface area contributed by atoms with Crippen molar-refractivity contribution in [3.8, 4) is 5.82 Å². The van der Waals surface area contributed by atoms with Crippen molar-refractivity contribution < 1.29 is 0 Å². The molecule has 19 heavy (non-hydrogen) atoms. The van der Waals surface area contributed by atoms with Crippen LogP contribution >= 0.6 is 11.6 Å². The molecule has 2 N–H and O–H groups in total. The second-order valence-corrected chi connectivity index (χ2v) is 5.04. The highest BCUT2D eigenvalue weighted by Crippen LogP contribution is 2.26. The van der Waals surface area contributed by atoms with E-state index < -0.39 is 0 Å². The van der Waals surface area contributed by atoms with Crippen LogP contribution in [0.15, 0.2) is 30.5 Å². The highest BCUT2D eigenvalue weighted by atomic mass is 35.5. The fourth-order valence-electron chi connectivity index (χ4n) is 2.53. The van der Waals surface area contributed by atoms with Crippen LogP contribution in [0.1, 0.15) is 11.3 Å². The molecule has 0 aliphatic heterocycles. The van der Waals surface area contributed by atoms with Crippen molar-refractivity contribution in [2.75, 3.05) is 0 Å². The van der Waals surface area contributed by atoms with Gasteiger partial charge in [0.25, 0.3) is 0 Å². The Morgan fingerprint density at radius 3 is 2.84 bits per heavy atom. The molecule has 0 atom stereocenters. The summed E-state index contributed by atoms with van der Waals surface area (Å²) in [4.78, 5) is 0. The number of hydrogen-bond acceptors (Lipinski definition) is 2. The molecule has 3 rings (SSSR count). The molecule has 4 nitrogen and oxygen atoms in total. The highest BCUT2D eigenvalue weighted by Gasteiger charge is 2.15. The van der Waals surface area contributed by atoms with Crippen LogP contribution in [0, 0.1) is 6.92 Å². The Morgan fingerprint density at radius 1 is 1.32 bits per heavy atom. The maximum absolute atomic E-state index is 6.02. The second-order valence-electron chi connectivity index (χ2n) is 4.60. The van der Waals surface area contributed by atoms with Crippen LogP contribution < -0.4 is 5.73 Å². The standard InChI is InChI=1S/C14H15ClN4/c1-9-12(8-16)14(18(2)17-9)19-6-5-10-7-11(15)3-4-13(10)19/h3-7H,8,16H2,1-2H3. The molecule has 1 aromatic carbocycles. The molecule has 0 saturated heterocycles. The van der Waals surface area contributed by atoms with Gasteiger partial charge in [-0.1, -0.05) is 11.6 Å². The van der Waals surface area contributed by atoms with Gasteiger partial charge in [0.05, 0.1) is 11.2 Å². The molecule has 5 heteroatoms. The number of nitrogens with zero attached hydrogens (tertiary/aromatic N) is 3. The summed E-state index contributed by atoms with van der Waals surface area (Å²) in [5, 5.41) is 6.30. The van der Waals surface area contributed by atoms with Gasteiger partial charge in [-0.3, -0.25) is 4.68 Å². The van der Waals surface area contributed by atoms with Crippen molar-refractivity contribution in [2.45, 2.75) is 13.5 Å². The monoisotopic (exact) mass is 274 g/mol. The van der Waals surface area contributed by atoms with E-state index in [4.69, 9.17) is 17.3 Å². The lowest BCUT2D eigenvalue weighted by atomic mass is 10.2. The van der Waals surface area contributed by atoms with E-state index in [1.54, 1.807) is 0 Å².